The third kappa shape index (κ3) is 3.15. The van der Waals surface area contributed by atoms with E-state index in [-0.39, 0.29) is 5.41 Å². The second kappa shape index (κ2) is 6.31. The Balaban J connectivity index is 2.26. The fraction of sp³-hybridized carbons (Fsp3) is 0.611. The summed E-state index contributed by atoms with van der Waals surface area (Å²) >= 11 is 0. The topological polar surface area (TPSA) is 33.0 Å². The second-order valence-corrected chi connectivity index (χ2v) is 6.25. The number of hydrogen-bond donors (Lipinski definition) is 0. The maximum Gasteiger partial charge on any atom is 0.122 e. The molecule has 0 radical (unpaired) electrons. The van der Waals surface area contributed by atoms with Crippen LogP contribution in [0.1, 0.15) is 50.2 Å². The Labute approximate surface area is 122 Å². The summed E-state index contributed by atoms with van der Waals surface area (Å²) in [4.78, 5) is 0. The van der Waals surface area contributed by atoms with Crippen LogP contribution in [-0.4, -0.2) is 7.11 Å². The van der Waals surface area contributed by atoms with Gasteiger partial charge >= 0.3 is 0 Å². The maximum absolute atomic E-state index is 9.76. The van der Waals surface area contributed by atoms with Crippen molar-refractivity contribution < 1.29 is 4.74 Å². The van der Waals surface area contributed by atoms with E-state index in [4.69, 9.17) is 4.74 Å². The van der Waals surface area contributed by atoms with Crippen molar-refractivity contribution in [3.8, 4) is 11.8 Å². The Morgan fingerprint density at radius 3 is 2.90 bits per heavy atom. The lowest BCUT2D eigenvalue weighted by Gasteiger charge is -2.36. The van der Waals surface area contributed by atoms with Crippen molar-refractivity contribution in [1.29, 1.82) is 5.26 Å². The molecule has 0 amide bonds. The quantitative estimate of drug-likeness (QED) is 0.798. The van der Waals surface area contributed by atoms with E-state index in [0.717, 1.165) is 25.0 Å². The first-order chi connectivity index (χ1) is 9.62. The molecule has 2 unspecified atom stereocenters. The highest BCUT2D eigenvalue weighted by molar-refractivity contribution is 5.38. The lowest BCUT2D eigenvalue weighted by molar-refractivity contribution is 0.192. The van der Waals surface area contributed by atoms with E-state index in [2.05, 4.69) is 32.0 Å². The highest BCUT2D eigenvalue weighted by Gasteiger charge is 2.36. The molecule has 2 nitrogen and oxygen atoms in total. The standard InChI is InChI=1S/C18H25NO/c1-4-15-6-5-9-18(11-15,13-19)12-16-10-14(2)7-8-17(16)20-3/h7-8,10,15H,4-6,9,11-12H2,1-3H3. The van der Waals surface area contributed by atoms with Crippen molar-refractivity contribution in [2.75, 3.05) is 7.11 Å². The summed E-state index contributed by atoms with van der Waals surface area (Å²) in [7, 11) is 1.71. The van der Waals surface area contributed by atoms with E-state index < -0.39 is 0 Å². The minimum atomic E-state index is -0.194. The molecule has 108 valence electrons. The van der Waals surface area contributed by atoms with Crippen molar-refractivity contribution in [3.63, 3.8) is 0 Å². The van der Waals surface area contributed by atoms with E-state index in [1.54, 1.807) is 7.11 Å². The number of methoxy groups -OCH3 is 1. The van der Waals surface area contributed by atoms with Crippen LogP contribution < -0.4 is 4.74 Å². The average Bonchev–Trinajstić information content (AvgIpc) is 2.47. The van der Waals surface area contributed by atoms with Gasteiger partial charge in [-0.1, -0.05) is 43.9 Å². The predicted octanol–water partition coefficient (Wildman–Crippen LogP) is 4.66. The Kier molecular flexibility index (Phi) is 4.70. The molecule has 1 aromatic carbocycles. The van der Waals surface area contributed by atoms with Crippen molar-refractivity contribution in [3.05, 3.63) is 29.3 Å². The van der Waals surface area contributed by atoms with Crippen molar-refractivity contribution in [2.45, 2.75) is 52.4 Å². The lowest BCUT2D eigenvalue weighted by atomic mass is 9.67. The summed E-state index contributed by atoms with van der Waals surface area (Å²) in [6.45, 7) is 4.34. The highest BCUT2D eigenvalue weighted by Crippen LogP contribution is 2.43. The van der Waals surface area contributed by atoms with Crippen LogP contribution >= 0.6 is 0 Å². The van der Waals surface area contributed by atoms with Crippen LogP contribution in [0, 0.1) is 29.6 Å². The van der Waals surface area contributed by atoms with Crippen LogP contribution in [-0.2, 0) is 6.42 Å². The molecule has 2 atom stereocenters. The molecule has 0 aliphatic heterocycles. The number of aryl methyl sites for hydroxylation is 1. The van der Waals surface area contributed by atoms with Gasteiger partial charge in [-0.3, -0.25) is 0 Å². The summed E-state index contributed by atoms with van der Waals surface area (Å²) in [5.41, 5.74) is 2.22. The van der Waals surface area contributed by atoms with E-state index >= 15 is 0 Å². The largest absolute Gasteiger partial charge is 0.496 e. The summed E-state index contributed by atoms with van der Waals surface area (Å²) in [5, 5.41) is 9.76. The van der Waals surface area contributed by atoms with Gasteiger partial charge < -0.3 is 4.74 Å². The summed E-state index contributed by atoms with van der Waals surface area (Å²) in [6, 6.07) is 8.91. The monoisotopic (exact) mass is 271 g/mol. The zero-order valence-electron chi connectivity index (χ0n) is 12.9. The Morgan fingerprint density at radius 2 is 2.25 bits per heavy atom. The van der Waals surface area contributed by atoms with Gasteiger partial charge in [-0.05, 0) is 43.7 Å². The number of hydrogen-bond acceptors (Lipinski definition) is 2. The molecule has 0 spiro atoms. The summed E-state index contributed by atoms with van der Waals surface area (Å²) in [5.74, 6) is 1.63. The second-order valence-electron chi connectivity index (χ2n) is 6.25. The molecule has 1 saturated carbocycles. The first-order valence-corrected chi connectivity index (χ1v) is 7.67. The van der Waals surface area contributed by atoms with Gasteiger partial charge in [0.25, 0.3) is 0 Å². The molecule has 2 heteroatoms. The van der Waals surface area contributed by atoms with E-state index in [1.807, 2.05) is 6.07 Å². The Hall–Kier alpha value is -1.49. The molecular formula is C18H25NO. The van der Waals surface area contributed by atoms with E-state index in [0.29, 0.717) is 5.92 Å². The zero-order chi connectivity index (χ0) is 14.6. The molecule has 1 aliphatic carbocycles. The lowest BCUT2D eigenvalue weighted by Crippen LogP contribution is -2.29. The molecule has 0 bridgehead atoms. The van der Waals surface area contributed by atoms with Crippen LogP contribution in [0.3, 0.4) is 0 Å². The number of ether oxygens (including phenoxy) is 1. The third-order valence-corrected chi connectivity index (χ3v) is 4.73. The first kappa shape index (κ1) is 14.9. The predicted molar refractivity (Wildman–Crippen MR) is 81.7 cm³/mol. The molecule has 0 aromatic heterocycles. The van der Waals surface area contributed by atoms with Crippen LogP contribution in [0.5, 0.6) is 5.75 Å². The van der Waals surface area contributed by atoms with E-state index in [9.17, 15) is 5.26 Å². The van der Waals surface area contributed by atoms with E-state index in [1.165, 1.54) is 30.4 Å². The molecular weight excluding hydrogens is 246 g/mol. The van der Waals surface area contributed by atoms with Gasteiger partial charge in [-0.25, -0.2) is 0 Å². The number of benzene rings is 1. The van der Waals surface area contributed by atoms with Crippen LogP contribution in [0.4, 0.5) is 0 Å². The fourth-order valence-electron chi connectivity index (χ4n) is 3.55. The molecule has 0 N–H and O–H groups in total. The van der Waals surface area contributed by atoms with Gasteiger partial charge in [0.15, 0.2) is 0 Å². The Morgan fingerprint density at radius 1 is 1.45 bits per heavy atom. The maximum atomic E-state index is 9.76. The smallest absolute Gasteiger partial charge is 0.122 e. The van der Waals surface area contributed by atoms with Gasteiger partial charge in [0.1, 0.15) is 5.75 Å². The minimum absolute atomic E-state index is 0.194. The third-order valence-electron chi connectivity index (χ3n) is 4.73. The van der Waals surface area contributed by atoms with Crippen molar-refractivity contribution in [1.82, 2.24) is 0 Å². The van der Waals surface area contributed by atoms with Crippen LogP contribution in [0.15, 0.2) is 18.2 Å². The van der Waals surface area contributed by atoms with Crippen molar-refractivity contribution in [2.24, 2.45) is 11.3 Å². The molecule has 1 fully saturated rings. The van der Waals surface area contributed by atoms with Gasteiger partial charge in [-0.2, -0.15) is 5.26 Å². The molecule has 2 rings (SSSR count). The van der Waals surface area contributed by atoms with Gasteiger partial charge in [0, 0.05) is 0 Å². The highest BCUT2D eigenvalue weighted by atomic mass is 16.5. The van der Waals surface area contributed by atoms with Gasteiger partial charge in [-0.15, -0.1) is 0 Å². The first-order valence-electron chi connectivity index (χ1n) is 7.67. The number of rotatable bonds is 4. The SMILES string of the molecule is CCC1CCCC(C#N)(Cc2cc(C)ccc2OC)C1. The Bertz CT molecular complexity index is 503. The molecule has 0 saturated heterocycles. The summed E-state index contributed by atoms with van der Waals surface area (Å²) < 4.78 is 5.48. The van der Waals surface area contributed by atoms with Gasteiger partial charge in [0.05, 0.1) is 18.6 Å². The summed E-state index contributed by atoms with van der Waals surface area (Å²) in [6.07, 6.45) is 6.54. The molecule has 0 heterocycles. The molecule has 1 aliphatic rings. The number of nitrogens with zero attached hydrogens (tertiary/aromatic N) is 1. The minimum Gasteiger partial charge on any atom is -0.496 e. The zero-order valence-corrected chi connectivity index (χ0v) is 12.9. The number of nitriles is 1. The normalized spacial score (nSPS) is 26.0. The van der Waals surface area contributed by atoms with Crippen molar-refractivity contribution >= 4 is 0 Å². The molecule has 20 heavy (non-hydrogen) atoms. The fourth-order valence-corrected chi connectivity index (χ4v) is 3.55. The van der Waals surface area contributed by atoms with Gasteiger partial charge in [0.2, 0.25) is 0 Å². The van der Waals surface area contributed by atoms with Crippen LogP contribution in [0.25, 0.3) is 0 Å². The average molecular weight is 271 g/mol. The van der Waals surface area contributed by atoms with Crippen LogP contribution in [0.2, 0.25) is 0 Å². The molecule has 1 aromatic rings.